The SMILES string of the molecule is COC(=O)[C@H]1Cc2ccccc2CN1c1ccc(-c2ccc(N)cc2)cc1. The van der Waals surface area contributed by atoms with Crippen molar-refractivity contribution in [3.8, 4) is 11.1 Å². The summed E-state index contributed by atoms with van der Waals surface area (Å²) in [6.45, 7) is 0.692. The van der Waals surface area contributed by atoms with Gasteiger partial charge in [-0.25, -0.2) is 4.79 Å². The van der Waals surface area contributed by atoms with Crippen LogP contribution in [-0.2, 0) is 22.5 Å². The highest BCUT2D eigenvalue weighted by molar-refractivity contribution is 5.81. The molecule has 0 spiro atoms. The highest BCUT2D eigenvalue weighted by atomic mass is 16.5. The number of benzene rings is 3. The molecule has 1 aliphatic heterocycles. The molecular weight excluding hydrogens is 336 g/mol. The van der Waals surface area contributed by atoms with Crippen LogP contribution in [0.25, 0.3) is 11.1 Å². The van der Waals surface area contributed by atoms with E-state index in [0.29, 0.717) is 13.0 Å². The summed E-state index contributed by atoms with van der Waals surface area (Å²) in [4.78, 5) is 14.5. The molecule has 1 aliphatic rings. The van der Waals surface area contributed by atoms with Crippen molar-refractivity contribution in [1.82, 2.24) is 0 Å². The largest absolute Gasteiger partial charge is 0.467 e. The number of ether oxygens (including phenoxy) is 1. The molecule has 4 heteroatoms. The topological polar surface area (TPSA) is 55.6 Å². The number of nitrogens with zero attached hydrogens (tertiary/aromatic N) is 1. The molecule has 0 amide bonds. The predicted molar refractivity (Wildman–Crippen MR) is 108 cm³/mol. The summed E-state index contributed by atoms with van der Waals surface area (Å²) in [5, 5.41) is 0. The number of esters is 1. The molecule has 136 valence electrons. The Hall–Kier alpha value is -3.27. The third-order valence-corrected chi connectivity index (χ3v) is 5.16. The number of nitrogens with two attached hydrogens (primary N) is 1. The first-order valence-electron chi connectivity index (χ1n) is 9.03. The number of methoxy groups -OCH3 is 1. The summed E-state index contributed by atoms with van der Waals surface area (Å²) >= 11 is 0. The maximum atomic E-state index is 12.4. The molecule has 1 atom stereocenters. The van der Waals surface area contributed by atoms with Crippen LogP contribution >= 0.6 is 0 Å². The van der Waals surface area contributed by atoms with E-state index in [2.05, 4.69) is 41.3 Å². The molecule has 3 aromatic carbocycles. The Balaban J connectivity index is 1.66. The molecule has 0 aliphatic carbocycles. The van der Waals surface area contributed by atoms with Gasteiger partial charge in [-0.1, -0.05) is 48.5 Å². The smallest absolute Gasteiger partial charge is 0.328 e. The molecule has 1 heterocycles. The van der Waals surface area contributed by atoms with Gasteiger partial charge in [0.2, 0.25) is 0 Å². The molecular formula is C23H22N2O2. The van der Waals surface area contributed by atoms with E-state index in [4.69, 9.17) is 10.5 Å². The molecule has 0 unspecified atom stereocenters. The minimum Gasteiger partial charge on any atom is -0.467 e. The van der Waals surface area contributed by atoms with E-state index in [9.17, 15) is 4.79 Å². The average Bonchev–Trinajstić information content (AvgIpc) is 2.73. The maximum Gasteiger partial charge on any atom is 0.328 e. The highest BCUT2D eigenvalue weighted by Gasteiger charge is 2.32. The van der Waals surface area contributed by atoms with Gasteiger partial charge in [-0.15, -0.1) is 0 Å². The van der Waals surface area contributed by atoms with Crippen LogP contribution in [0.2, 0.25) is 0 Å². The van der Waals surface area contributed by atoms with Crippen molar-refractivity contribution in [1.29, 1.82) is 0 Å². The third kappa shape index (κ3) is 3.38. The number of fused-ring (bicyclic) bond motifs is 1. The molecule has 0 bridgehead atoms. The van der Waals surface area contributed by atoms with Gasteiger partial charge < -0.3 is 15.4 Å². The van der Waals surface area contributed by atoms with Crippen LogP contribution in [0, 0.1) is 0 Å². The molecule has 0 saturated carbocycles. The Morgan fingerprint density at radius 1 is 0.926 bits per heavy atom. The summed E-state index contributed by atoms with van der Waals surface area (Å²) in [5.74, 6) is -0.202. The first-order valence-corrected chi connectivity index (χ1v) is 9.03. The Labute approximate surface area is 159 Å². The first kappa shape index (κ1) is 17.2. The summed E-state index contributed by atoms with van der Waals surface area (Å²) in [5.41, 5.74) is 12.2. The van der Waals surface area contributed by atoms with E-state index >= 15 is 0 Å². The molecule has 0 aromatic heterocycles. The fourth-order valence-electron chi connectivity index (χ4n) is 3.66. The zero-order chi connectivity index (χ0) is 18.8. The lowest BCUT2D eigenvalue weighted by Crippen LogP contribution is -2.46. The van der Waals surface area contributed by atoms with Crippen molar-refractivity contribution in [3.05, 3.63) is 83.9 Å². The van der Waals surface area contributed by atoms with Gasteiger partial charge in [0.15, 0.2) is 0 Å². The van der Waals surface area contributed by atoms with E-state index < -0.39 is 0 Å². The van der Waals surface area contributed by atoms with Crippen LogP contribution in [0.15, 0.2) is 72.8 Å². The number of nitrogen functional groups attached to an aromatic ring is 1. The van der Waals surface area contributed by atoms with Crippen molar-refractivity contribution in [2.24, 2.45) is 0 Å². The van der Waals surface area contributed by atoms with Crippen LogP contribution in [0.3, 0.4) is 0 Å². The van der Waals surface area contributed by atoms with Crippen molar-refractivity contribution >= 4 is 17.3 Å². The normalized spacial score (nSPS) is 15.9. The van der Waals surface area contributed by atoms with Gasteiger partial charge in [-0.2, -0.15) is 0 Å². The fraction of sp³-hybridized carbons (Fsp3) is 0.174. The fourth-order valence-corrected chi connectivity index (χ4v) is 3.66. The van der Waals surface area contributed by atoms with Crippen molar-refractivity contribution in [2.45, 2.75) is 19.0 Å². The predicted octanol–water partition coefficient (Wildman–Crippen LogP) is 4.04. The van der Waals surface area contributed by atoms with Gasteiger partial charge in [0, 0.05) is 24.3 Å². The van der Waals surface area contributed by atoms with Crippen LogP contribution in [0.5, 0.6) is 0 Å². The molecule has 2 N–H and O–H groups in total. The molecule has 3 aromatic rings. The maximum absolute atomic E-state index is 12.4. The number of hydrogen-bond acceptors (Lipinski definition) is 4. The number of hydrogen-bond donors (Lipinski definition) is 1. The second kappa shape index (κ2) is 7.16. The van der Waals surface area contributed by atoms with Gasteiger partial charge in [0.1, 0.15) is 6.04 Å². The Kier molecular flexibility index (Phi) is 4.55. The van der Waals surface area contributed by atoms with Crippen molar-refractivity contribution in [3.63, 3.8) is 0 Å². The lowest BCUT2D eigenvalue weighted by molar-refractivity contribution is -0.142. The standard InChI is InChI=1S/C23H22N2O2/c1-27-23(26)22-14-18-4-2-3-5-19(18)15-25(22)21-12-8-17(9-13-21)16-6-10-20(24)11-7-16/h2-13,22H,14-15,24H2,1H3/t22-/m1/s1. The van der Waals surface area contributed by atoms with Crippen LogP contribution in [-0.4, -0.2) is 19.1 Å². The van der Waals surface area contributed by atoms with Crippen LogP contribution in [0.4, 0.5) is 11.4 Å². The molecule has 4 nitrogen and oxygen atoms in total. The van der Waals surface area contributed by atoms with E-state index in [1.54, 1.807) is 0 Å². The lowest BCUT2D eigenvalue weighted by atomic mass is 9.93. The first-order chi connectivity index (χ1) is 13.2. The second-order valence-corrected chi connectivity index (χ2v) is 6.81. The zero-order valence-corrected chi connectivity index (χ0v) is 15.3. The quantitative estimate of drug-likeness (QED) is 0.567. The summed E-state index contributed by atoms with van der Waals surface area (Å²) in [6.07, 6.45) is 0.655. The van der Waals surface area contributed by atoms with E-state index in [1.807, 2.05) is 36.4 Å². The Bertz CT molecular complexity index is 949. The molecule has 4 rings (SSSR count). The van der Waals surface area contributed by atoms with Crippen molar-refractivity contribution in [2.75, 3.05) is 17.7 Å². The average molecular weight is 358 g/mol. The van der Waals surface area contributed by atoms with Gasteiger partial charge in [-0.05, 0) is 46.5 Å². The number of carbonyl (C=O) groups is 1. The van der Waals surface area contributed by atoms with Gasteiger partial charge in [0.05, 0.1) is 7.11 Å². The summed E-state index contributed by atoms with van der Waals surface area (Å²) in [7, 11) is 1.45. The zero-order valence-electron chi connectivity index (χ0n) is 15.3. The van der Waals surface area contributed by atoms with E-state index in [1.165, 1.54) is 18.2 Å². The molecule has 0 radical (unpaired) electrons. The molecule has 0 saturated heterocycles. The van der Waals surface area contributed by atoms with Gasteiger partial charge in [0.25, 0.3) is 0 Å². The highest BCUT2D eigenvalue weighted by Crippen LogP contribution is 2.31. The van der Waals surface area contributed by atoms with Crippen molar-refractivity contribution < 1.29 is 9.53 Å². The second-order valence-electron chi connectivity index (χ2n) is 6.81. The number of carbonyl (C=O) groups excluding carboxylic acids is 1. The van der Waals surface area contributed by atoms with E-state index in [0.717, 1.165) is 22.5 Å². The number of rotatable bonds is 3. The van der Waals surface area contributed by atoms with Gasteiger partial charge in [-0.3, -0.25) is 0 Å². The minimum atomic E-state index is -0.313. The lowest BCUT2D eigenvalue weighted by Gasteiger charge is -2.37. The molecule has 27 heavy (non-hydrogen) atoms. The molecule has 0 fully saturated rings. The van der Waals surface area contributed by atoms with Gasteiger partial charge >= 0.3 is 5.97 Å². The summed E-state index contributed by atoms with van der Waals surface area (Å²) in [6, 6.07) is 24.1. The Morgan fingerprint density at radius 2 is 1.52 bits per heavy atom. The minimum absolute atomic E-state index is 0.202. The van der Waals surface area contributed by atoms with E-state index in [-0.39, 0.29) is 12.0 Å². The monoisotopic (exact) mass is 358 g/mol. The van der Waals surface area contributed by atoms with Crippen LogP contribution < -0.4 is 10.6 Å². The third-order valence-electron chi connectivity index (χ3n) is 5.16. The number of anilines is 2. The summed E-state index contributed by atoms with van der Waals surface area (Å²) < 4.78 is 5.07. The Morgan fingerprint density at radius 3 is 2.15 bits per heavy atom. The van der Waals surface area contributed by atoms with Crippen LogP contribution in [0.1, 0.15) is 11.1 Å².